The largest absolute Gasteiger partial charge is 0.346 e. The summed E-state index contributed by atoms with van der Waals surface area (Å²) in [6.45, 7) is 5.54. The second kappa shape index (κ2) is 8.90. The molecule has 3 aromatic heterocycles. The minimum absolute atomic E-state index is 0.362. The molecule has 0 amide bonds. The molecule has 1 saturated heterocycles. The van der Waals surface area contributed by atoms with Gasteiger partial charge in [-0.1, -0.05) is 30.3 Å². The second-order valence-electron chi connectivity index (χ2n) is 8.33. The lowest BCUT2D eigenvalue weighted by molar-refractivity contribution is 0.148. The summed E-state index contributed by atoms with van der Waals surface area (Å²) in [4.78, 5) is 30.5. The molecule has 4 aromatic rings. The van der Waals surface area contributed by atoms with E-state index in [2.05, 4.69) is 67.1 Å². The molecule has 0 spiro atoms. The SMILES string of the molecule is CN1CCN(Cc2ccc(/C=C/c3cc(-c4cc5cnc(=O)[nH]c5[nH]4)ccn3)cc2)CC1. The third-order valence-electron chi connectivity index (χ3n) is 5.92. The molecular formula is C25H26N6O. The number of benzene rings is 1. The van der Waals surface area contributed by atoms with Gasteiger partial charge in [0, 0.05) is 61.8 Å². The molecule has 0 saturated carbocycles. The first-order valence-corrected chi connectivity index (χ1v) is 10.8. The van der Waals surface area contributed by atoms with Crippen LogP contribution in [0.1, 0.15) is 16.8 Å². The van der Waals surface area contributed by atoms with Crippen LogP contribution in [0.5, 0.6) is 0 Å². The Bertz CT molecular complexity index is 1300. The quantitative estimate of drug-likeness (QED) is 0.512. The van der Waals surface area contributed by atoms with E-state index in [0.717, 1.165) is 60.6 Å². The maximum absolute atomic E-state index is 11.4. The zero-order valence-corrected chi connectivity index (χ0v) is 18.1. The first-order valence-electron chi connectivity index (χ1n) is 10.8. The molecule has 1 aromatic carbocycles. The molecule has 1 fully saturated rings. The zero-order valence-electron chi connectivity index (χ0n) is 18.1. The third-order valence-corrected chi connectivity index (χ3v) is 5.92. The fraction of sp³-hybridized carbons (Fsp3) is 0.240. The molecule has 0 radical (unpaired) electrons. The van der Waals surface area contributed by atoms with Crippen LogP contribution in [0, 0.1) is 0 Å². The lowest BCUT2D eigenvalue weighted by Crippen LogP contribution is -2.43. The summed E-state index contributed by atoms with van der Waals surface area (Å²) in [5, 5.41) is 0.866. The van der Waals surface area contributed by atoms with E-state index in [1.54, 1.807) is 12.4 Å². The van der Waals surface area contributed by atoms with Crippen LogP contribution in [-0.4, -0.2) is 63.0 Å². The van der Waals surface area contributed by atoms with Gasteiger partial charge in [0.1, 0.15) is 5.65 Å². The number of nitrogens with one attached hydrogen (secondary N) is 2. The van der Waals surface area contributed by atoms with E-state index >= 15 is 0 Å². The molecular weight excluding hydrogens is 400 g/mol. The molecule has 4 heterocycles. The van der Waals surface area contributed by atoms with Crippen molar-refractivity contribution in [2.24, 2.45) is 0 Å². The normalized spacial score (nSPS) is 15.7. The maximum atomic E-state index is 11.4. The summed E-state index contributed by atoms with van der Waals surface area (Å²) in [6, 6.07) is 14.7. The maximum Gasteiger partial charge on any atom is 0.346 e. The lowest BCUT2D eigenvalue weighted by atomic mass is 10.1. The van der Waals surface area contributed by atoms with E-state index in [1.807, 2.05) is 24.3 Å². The Labute approximate surface area is 186 Å². The minimum atomic E-state index is -0.362. The fourth-order valence-corrected chi connectivity index (χ4v) is 3.99. The third kappa shape index (κ3) is 4.69. The number of pyridine rings is 1. The van der Waals surface area contributed by atoms with Crippen molar-refractivity contribution in [3.05, 3.63) is 82.2 Å². The van der Waals surface area contributed by atoms with Crippen LogP contribution in [0.25, 0.3) is 34.4 Å². The fourth-order valence-electron chi connectivity index (χ4n) is 3.99. The van der Waals surface area contributed by atoms with Crippen LogP contribution >= 0.6 is 0 Å². The van der Waals surface area contributed by atoms with Crippen molar-refractivity contribution in [1.82, 2.24) is 29.7 Å². The van der Waals surface area contributed by atoms with Crippen molar-refractivity contribution in [3.8, 4) is 11.3 Å². The lowest BCUT2D eigenvalue weighted by Gasteiger charge is -2.32. The highest BCUT2D eigenvalue weighted by Gasteiger charge is 2.13. The van der Waals surface area contributed by atoms with Crippen molar-refractivity contribution in [2.45, 2.75) is 6.54 Å². The van der Waals surface area contributed by atoms with Gasteiger partial charge >= 0.3 is 5.69 Å². The highest BCUT2D eigenvalue weighted by molar-refractivity contribution is 5.82. The minimum Gasteiger partial charge on any atom is -0.341 e. The van der Waals surface area contributed by atoms with Gasteiger partial charge < -0.3 is 9.88 Å². The number of rotatable bonds is 5. The standard InChI is InChI=1S/C25H26N6O/c1-30-10-12-31(13-11-30)17-19-4-2-18(3-5-19)6-7-22-14-20(8-9-26-22)23-15-21-16-27-25(32)29-24(21)28-23/h2-9,14-16H,10-13,17H2,1H3,(H2,27,28,29,32)/b7-6+. The van der Waals surface area contributed by atoms with E-state index in [1.165, 1.54) is 5.56 Å². The summed E-state index contributed by atoms with van der Waals surface area (Å²) in [7, 11) is 2.18. The zero-order chi connectivity index (χ0) is 21.9. The van der Waals surface area contributed by atoms with Crippen molar-refractivity contribution in [2.75, 3.05) is 33.2 Å². The smallest absolute Gasteiger partial charge is 0.341 e. The summed E-state index contributed by atoms with van der Waals surface area (Å²) in [5.41, 5.74) is 5.58. The van der Waals surface area contributed by atoms with Crippen LogP contribution in [-0.2, 0) is 6.54 Å². The number of H-pyrrole nitrogens is 2. The molecule has 0 unspecified atom stereocenters. The van der Waals surface area contributed by atoms with Crippen molar-refractivity contribution >= 4 is 23.2 Å². The van der Waals surface area contributed by atoms with E-state index < -0.39 is 0 Å². The number of hydrogen-bond acceptors (Lipinski definition) is 5. The number of fused-ring (bicyclic) bond motifs is 1. The second-order valence-corrected chi connectivity index (χ2v) is 8.33. The van der Waals surface area contributed by atoms with E-state index in [-0.39, 0.29) is 5.69 Å². The molecule has 7 heteroatoms. The predicted molar refractivity (Wildman–Crippen MR) is 128 cm³/mol. The summed E-state index contributed by atoms with van der Waals surface area (Å²) in [6.07, 6.45) is 7.47. The van der Waals surface area contributed by atoms with Gasteiger partial charge in [-0.05, 0) is 42.4 Å². The average molecular weight is 427 g/mol. The van der Waals surface area contributed by atoms with Crippen LogP contribution < -0.4 is 5.69 Å². The molecule has 1 aliphatic rings. The number of aromatic amines is 2. The van der Waals surface area contributed by atoms with Gasteiger partial charge in [0.25, 0.3) is 0 Å². The van der Waals surface area contributed by atoms with Gasteiger partial charge in [-0.15, -0.1) is 0 Å². The van der Waals surface area contributed by atoms with Gasteiger partial charge in [-0.3, -0.25) is 14.9 Å². The van der Waals surface area contributed by atoms with Crippen molar-refractivity contribution < 1.29 is 0 Å². The van der Waals surface area contributed by atoms with Crippen LogP contribution in [0.4, 0.5) is 0 Å². The van der Waals surface area contributed by atoms with Crippen LogP contribution in [0.15, 0.2) is 59.7 Å². The Morgan fingerprint density at radius 3 is 2.59 bits per heavy atom. The predicted octanol–water partition coefficient (Wildman–Crippen LogP) is 3.23. The molecule has 0 bridgehead atoms. The van der Waals surface area contributed by atoms with Gasteiger partial charge in [0.15, 0.2) is 0 Å². The molecule has 32 heavy (non-hydrogen) atoms. The highest BCUT2D eigenvalue weighted by Crippen LogP contribution is 2.23. The first kappa shape index (κ1) is 20.4. The molecule has 0 aliphatic carbocycles. The molecule has 162 valence electrons. The summed E-state index contributed by atoms with van der Waals surface area (Å²) in [5.74, 6) is 0. The number of piperazine rings is 1. The Morgan fingerprint density at radius 1 is 0.969 bits per heavy atom. The van der Waals surface area contributed by atoms with Crippen LogP contribution in [0.3, 0.4) is 0 Å². The molecule has 1 aliphatic heterocycles. The monoisotopic (exact) mass is 426 g/mol. The summed E-state index contributed by atoms with van der Waals surface area (Å²) < 4.78 is 0. The number of likely N-dealkylation sites (N-methyl/N-ethyl adjacent to an activating group) is 1. The molecule has 7 nitrogen and oxygen atoms in total. The number of nitrogens with zero attached hydrogens (tertiary/aromatic N) is 4. The Hall–Kier alpha value is -3.55. The van der Waals surface area contributed by atoms with E-state index in [0.29, 0.717) is 5.65 Å². The molecule has 2 N–H and O–H groups in total. The Morgan fingerprint density at radius 2 is 1.78 bits per heavy atom. The van der Waals surface area contributed by atoms with Gasteiger partial charge in [0.05, 0.1) is 5.69 Å². The topological polar surface area (TPSA) is 80.9 Å². The van der Waals surface area contributed by atoms with Gasteiger partial charge in [-0.2, -0.15) is 0 Å². The summed E-state index contributed by atoms with van der Waals surface area (Å²) >= 11 is 0. The van der Waals surface area contributed by atoms with Crippen LogP contribution in [0.2, 0.25) is 0 Å². The van der Waals surface area contributed by atoms with Crippen molar-refractivity contribution in [1.29, 1.82) is 0 Å². The molecule has 5 rings (SSSR count). The Kier molecular flexibility index (Phi) is 5.66. The van der Waals surface area contributed by atoms with Gasteiger partial charge in [-0.25, -0.2) is 9.78 Å². The van der Waals surface area contributed by atoms with Crippen molar-refractivity contribution in [3.63, 3.8) is 0 Å². The molecule has 0 atom stereocenters. The first-order chi connectivity index (χ1) is 15.6. The van der Waals surface area contributed by atoms with E-state index in [4.69, 9.17) is 0 Å². The van der Waals surface area contributed by atoms with E-state index in [9.17, 15) is 4.79 Å². The average Bonchev–Trinajstić information content (AvgIpc) is 3.24. The highest BCUT2D eigenvalue weighted by atomic mass is 16.1. The Balaban J connectivity index is 1.27. The van der Waals surface area contributed by atoms with Gasteiger partial charge in [0.2, 0.25) is 0 Å². The number of aromatic nitrogens is 4. The number of hydrogen-bond donors (Lipinski definition) is 2.